The molecule has 1 saturated heterocycles. The van der Waals surface area contributed by atoms with Crippen molar-refractivity contribution >= 4 is 23.4 Å². The fourth-order valence-corrected chi connectivity index (χ4v) is 4.04. The highest BCUT2D eigenvalue weighted by Crippen LogP contribution is 2.34. The average Bonchev–Trinajstić information content (AvgIpc) is 3.46. The van der Waals surface area contributed by atoms with Gasteiger partial charge in [0.25, 0.3) is 5.91 Å². The number of aromatic nitrogens is 2. The summed E-state index contributed by atoms with van der Waals surface area (Å²) >= 11 is 6.17. The molecule has 6 nitrogen and oxygen atoms in total. The number of carbonyl (C=O) groups excluding carboxylic acids is 2. The largest absolute Gasteiger partial charge is 0.471 e. The third-order valence-electron chi connectivity index (χ3n) is 5.58. The summed E-state index contributed by atoms with van der Waals surface area (Å²) in [6, 6.07) is 12.0. The lowest BCUT2D eigenvalue weighted by Gasteiger charge is -2.18. The van der Waals surface area contributed by atoms with Crippen LogP contribution in [0.15, 0.2) is 54.6 Å². The van der Waals surface area contributed by atoms with Crippen molar-refractivity contribution in [2.45, 2.75) is 24.8 Å². The van der Waals surface area contributed by atoms with Gasteiger partial charge in [-0.3, -0.25) is 9.59 Å². The van der Waals surface area contributed by atoms with Gasteiger partial charge in [0.2, 0.25) is 0 Å². The third kappa shape index (κ3) is 5.32. The SMILES string of the molecule is O=C(c1ccc(-c2cc(C(F)(F)F)nn2-c2ccccc2Cl)cc1)N1CC[C@H](NC(=O)C(F)(F)F)C1. The number of nitrogens with one attached hydrogen (secondary N) is 1. The van der Waals surface area contributed by atoms with Gasteiger partial charge < -0.3 is 10.2 Å². The Morgan fingerprint density at radius 3 is 2.28 bits per heavy atom. The lowest BCUT2D eigenvalue weighted by molar-refractivity contribution is -0.174. The van der Waals surface area contributed by atoms with Crippen LogP contribution in [0.4, 0.5) is 26.3 Å². The van der Waals surface area contributed by atoms with Crippen LogP contribution >= 0.6 is 11.6 Å². The van der Waals surface area contributed by atoms with Gasteiger partial charge >= 0.3 is 18.3 Å². The normalized spacial score (nSPS) is 16.3. The molecule has 4 rings (SSSR count). The third-order valence-corrected chi connectivity index (χ3v) is 5.90. The first-order valence-electron chi connectivity index (χ1n) is 10.5. The molecular formula is C23H17ClF6N4O2. The first kappa shape index (κ1) is 25.5. The van der Waals surface area contributed by atoms with E-state index in [0.717, 1.165) is 10.7 Å². The summed E-state index contributed by atoms with van der Waals surface area (Å²) in [7, 11) is 0. The topological polar surface area (TPSA) is 67.2 Å². The molecule has 190 valence electrons. The molecule has 0 bridgehead atoms. The van der Waals surface area contributed by atoms with Crippen LogP contribution in [0.2, 0.25) is 5.02 Å². The van der Waals surface area contributed by atoms with Crippen LogP contribution in [-0.4, -0.2) is 51.8 Å². The number of carbonyl (C=O) groups is 2. The number of alkyl halides is 6. The van der Waals surface area contributed by atoms with Gasteiger partial charge in [0.1, 0.15) is 0 Å². The van der Waals surface area contributed by atoms with Crippen LogP contribution < -0.4 is 5.32 Å². The maximum absolute atomic E-state index is 13.4. The highest BCUT2D eigenvalue weighted by Gasteiger charge is 2.41. The van der Waals surface area contributed by atoms with Crippen LogP contribution in [0.25, 0.3) is 16.9 Å². The maximum atomic E-state index is 13.4. The molecule has 0 radical (unpaired) electrons. The molecule has 0 unspecified atom stereocenters. The second-order valence-corrected chi connectivity index (χ2v) is 8.47. The summed E-state index contributed by atoms with van der Waals surface area (Å²) in [6.45, 7) is 0.0359. The van der Waals surface area contributed by atoms with Crippen molar-refractivity contribution < 1.29 is 35.9 Å². The Bertz CT molecular complexity index is 1290. The van der Waals surface area contributed by atoms with E-state index in [9.17, 15) is 35.9 Å². The number of benzene rings is 2. The Kier molecular flexibility index (Phi) is 6.74. The number of hydrogen-bond acceptors (Lipinski definition) is 3. The van der Waals surface area contributed by atoms with Crippen molar-refractivity contribution in [3.8, 4) is 16.9 Å². The molecule has 2 aromatic carbocycles. The van der Waals surface area contributed by atoms with E-state index in [1.54, 1.807) is 12.1 Å². The number of likely N-dealkylation sites (tertiary alicyclic amines) is 1. The summed E-state index contributed by atoms with van der Waals surface area (Å²) in [5.74, 6) is -2.56. The standard InChI is InChI=1S/C23H17ClF6N4O2/c24-16-3-1-2-4-17(16)34-18(11-19(32-34)22(25,26)27)13-5-7-14(8-6-13)20(35)33-10-9-15(12-33)31-21(36)23(28,29)30/h1-8,11,15H,9-10,12H2,(H,31,36)/t15-/m0/s1. The van der Waals surface area contributed by atoms with E-state index in [-0.39, 0.29) is 41.5 Å². The van der Waals surface area contributed by atoms with E-state index in [0.29, 0.717) is 5.56 Å². The molecule has 2 amide bonds. The molecule has 36 heavy (non-hydrogen) atoms. The zero-order valence-electron chi connectivity index (χ0n) is 18.2. The predicted octanol–water partition coefficient (Wildman–Crippen LogP) is 5.10. The fraction of sp³-hybridized carbons (Fsp3) is 0.261. The lowest BCUT2D eigenvalue weighted by Crippen LogP contribution is -2.44. The minimum Gasteiger partial charge on any atom is -0.344 e. The van der Waals surface area contributed by atoms with E-state index in [1.807, 2.05) is 5.32 Å². The van der Waals surface area contributed by atoms with Gasteiger partial charge in [0.05, 0.1) is 16.4 Å². The van der Waals surface area contributed by atoms with Crippen molar-refractivity contribution in [2.24, 2.45) is 0 Å². The number of nitrogens with zero attached hydrogens (tertiary/aromatic N) is 3. The van der Waals surface area contributed by atoms with E-state index >= 15 is 0 Å². The molecule has 3 aromatic rings. The van der Waals surface area contributed by atoms with Crippen molar-refractivity contribution in [3.05, 3.63) is 70.9 Å². The minimum atomic E-state index is -5.02. The van der Waals surface area contributed by atoms with Crippen LogP contribution in [0, 0.1) is 0 Å². The summed E-state index contributed by atoms with van der Waals surface area (Å²) in [5, 5.41) is 5.72. The van der Waals surface area contributed by atoms with Crippen molar-refractivity contribution in [1.29, 1.82) is 0 Å². The van der Waals surface area contributed by atoms with Crippen molar-refractivity contribution in [1.82, 2.24) is 20.0 Å². The molecule has 0 saturated carbocycles. The Morgan fingerprint density at radius 1 is 1.00 bits per heavy atom. The second kappa shape index (κ2) is 9.49. The summed E-state index contributed by atoms with van der Waals surface area (Å²) in [4.78, 5) is 25.2. The average molecular weight is 531 g/mol. The molecule has 1 atom stereocenters. The Labute approximate surface area is 205 Å². The Hall–Kier alpha value is -3.54. The lowest BCUT2D eigenvalue weighted by atomic mass is 10.1. The predicted molar refractivity (Wildman–Crippen MR) is 118 cm³/mol. The smallest absolute Gasteiger partial charge is 0.344 e. The maximum Gasteiger partial charge on any atom is 0.471 e. The highest BCUT2D eigenvalue weighted by atomic mass is 35.5. The molecule has 1 N–H and O–H groups in total. The number of rotatable bonds is 4. The van der Waals surface area contributed by atoms with Crippen LogP contribution in [-0.2, 0) is 11.0 Å². The Morgan fingerprint density at radius 2 is 1.67 bits per heavy atom. The van der Waals surface area contributed by atoms with Crippen LogP contribution in [0.3, 0.4) is 0 Å². The van der Waals surface area contributed by atoms with E-state index in [4.69, 9.17) is 11.6 Å². The summed E-state index contributed by atoms with van der Waals surface area (Å²) in [5.41, 5.74) is -0.298. The minimum absolute atomic E-state index is 0.0884. The quantitative estimate of drug-likeness (QED) is 0.477. The molecule has 2 heterocycles. The van der Waals surface area contributed by atoms with E-state index in [2.05, 4.69) is 5.10 Å². The number of hydrogen-bond donors (Lipinski definition) is 1. The molecule has 1 aromatic heterocycles. The van der Waals surface area contributed by atoms with Gasteiger partial charge in [-0.15, -0.1) is 0 Å². The first-order valence-corrected chi connectivity index (χ1v) is 10.9. The van der Waals surface area contributed by atoms with Gasteiger partial charge in [-0.2, -0.15) is 31.4 Å². The van der Waals surface area contributed by atoms with Crippen molar-refractivity contribution in [3.63, 3.8) is 0 Å². The van der Waals surface area contributed by atoms with E-state index < -0.39 is 35.9 Å². The highest BCUT2D eigenvalue weighted by molar-refractivity contribution is 6.32. The second-order valence-electron chi connectivity index (χ2n) is 8.06. The molecule has 0 spiro atoms. The number of halogens is 7. The number of para-hydroxylation sites is 1. The van der Waals surface area contributed by atoms with Crippen molar-refractivity contribution in [2.75, 3.05) is 13.1 Å². The summed E-state index contributed by atoms with van der Waals surface area (Å²) in [6.07, 6.45) is -9.57. The zero-order valence-corrected chi connectivity index (χ0v) is 19.0. The van der Waals surface area contributed by atoms with E-state index in [1.165, 1.54) is 41.3 Å². The first-order chi connectivity index (χ1) is 16.8. The zero-order chi connectivity index (χ0) is 26.3. The molecule has 0 aliphatic carbocycles. The molecule has 1 aliphatic rings. The van der Waals surface area contributed by atoms with Gasteiger partial charge in [-0.25, -0.2) is 4.68 Å². The van der Waals surface area contributed by atoms with Gasteiger partial charge in [-0.05, 0) is 36.8 Å². The summed E-state index contributed by atoms with van der Waals surface area (Å²) < 4.78 is 78.6. The molecule has 1 fully saturated rings. The van der Waals surface area contributed by atoms with Gasteiger partial charge in [-0.1, -0.05) is 35.9 Å². The monoisotopic (exact) mass is 530 g/mol. The van der Waals surface area contributed by atoms with Crippen LogP contribution in [0.1, 0.15) is 22.5 Å². The van der Waals surface area contributed by atoms with Crippen LogP contribution in [0.5, 0.6) is 0 Å². The van der Waals surface area contributed by atoms with Gasteiger partial charge in [0, 0.05) is 30.3 Å². The molecule has 1 aliphatic heterocycles. The fourth-order valence-electron chi connectivity index (χ4n) is 3.83. The van der Waals surface area contributed by atoms with Gasteiger partial charge in [0.15, 0.2) is 5.69 Å². The Balaban J connectivity index is 1.56. The number of amides is 2. The molecular weight excluding hydrogens is 514 g/mol. The molecule has 13 heteroatoms.